The van der Waals surface area contributed by atoms with E-state index < -0.39 is 35.6 Å². The van der Waals surface area contributed by atoms with Gasteiger partial charge in [-0.15, -0.1) is 20.4 Å². The second-order valence-corrected chi connectivity index (χ2v) is 16.8. The van der Waals surface area contributed by atoms with Crippen LogP contribution in [0.3, 0.4) is 0 Å². The topological polar surface area (TPSA) is 240 Å². The Morgan fingerprint density at radius 3 is 1.82 bits per heavy atom. The number of nitrogens with zero attached hydrogens (tertiary/aromatic N) is 8. The quantitative estimate of drug-likeness (QED) is 0.0490. The molecule has 6 aromatic rings. The van der Waals surface area contributed by atoms with Crippen LogP contribution in [0.15, 0.2) is 91.3 Å². The maximum atomic E-state index is 12.9. The minimum Gasteiger partial charge on any atom is -0.481 e. The highest BCUT2D eigenvalue weighted by molar-refractivity contribution is 5.71. The van der Waals surface area contributed by atoms with E-state index in [2.05, 4.69) is 75.6 Å². The zero-order chi connectivity index (χ0) is 43.4. The molecule has 7 rings (SSSR count). The molecule has 0 saturated carbocycles. The third-order valence-electron chi connectivity index (χ3n) is 11.6. The number of carboxylic acid groups (broad SMARTS) is 2. The maximum absolute atomic E-state index is 12.9. The zero-order valence-corrected chi connectivity index (χ0v) is 35.0. The molecular weight excluding hydrogens is 791 g/mol. The van der Waals surface area contributed by atoms with Crippen LogP contribution < -0.4 is 14.8 Å². The lowest BCUT2D eigenvalue weighted by molar-refractivity contribution is -0.144. The first-order valence-electron chi connectivity index (χ1n) is 21.1. The van der Waals surface area contributed by atoms with Gasteiger partial charge in [0.25, 0.3) is 0 Å². The maximum Gasteiger partial charge on any atom is 0.307 e. The summed E-state index contributed by atoms with van der Waals surface area (Å²) in [6.45, 7) is 7.78. The minimum absolute atomic E-state index is 0.104. The molecule has 62 heavy (non-hydrogen) atoms. The number of carbonyl (C=O) groups is 2. The first-order valence-corrected chi connectivity index (χ1v) is 21.1. The number of benzene rings is 2. The van der Waals surface area contributed by atoms with Gasteiger partial charge in [-0.2, -0.15) is 10.4 Å². The number of rotatable bonds is 21. The monoisotopic (exact) mass is 843 g/mol. The minimum atomic E-state index is -0.897. The summed E-state index contributed by atoms with van der Waals surface area (Å²) in [6, 6.07) is 24.8. The molecule has 2 aromatic carbocycles. The largest absolute Gasteiger partial charge is 0.481 e. The van der Waals surface area contributed by atoms with Crippen LogP contribution in [-0.4, -0.2) is 86.5 Å². The number of piperidine rings is 1. The summed E-state index contributed by atoms with van der Waals surface area (Å²) in [4.78, 5) is 34.2. The molecular formula is C45H53N11O6. The molecule has 5 heterocycles. The number of tetrazole rings is 2. The fourth-order valence-electron chi connectivity index (χ4n) is 8.68. The van der Waals surface area contributed by atoms with Crippen molar-refractivity contribution in [2.75, 3.05) is 13.1 Å². The van der Waals surface area contributed by atoms with Crippen molar-refractivity contribution >= 4 is 11.9 Å². The zero-order valence-electron chi connectivity index (χ0n) is 35.0. The van der Waals surface area contributed by atoms with E-state index in [1.165, 1.54) is 0 Å². The Labute approximate surface area is 359 Å². The molecule has 0 amide bonds. The van der Waals surface area contributed by atoms with Gasteiger partial charge in [0.15, 0.2) is 11.6 Å². The molecule has 0 spiro atoms. The van der Waals surface area contributed by atoms with E-state index in [0.717, 1.165) is 42.6 Å². The van der Waals surface area contributed by atoms with Crippen LogP contribution in [0.5, 0.6) is 23.3 Å². The normalized spacial score (nSPS) is 17.7. The van der Waals surface area contributed by atoms with E-state index in [4.69, 9.17) is 9.47 Å². The van der Waals surface area contributed by atoms with E-state index in [1.807, 2.05) is 68.4 Å². The van der Waals surface area contributed by atoms with E-state index in [1.54, 1.807) is 24.5 Å². The molecule has 0 aliphatic carbocycles. The molecule has 7 unspecified atom stereocenters. The van der Waals surface area contributed by atoms with Crippen LogP contribution in [0.2, 0.25) is 0 Å². The van der Waals surface area contributed by atoms with Gasteiger partial charge in [-0.05, 0) is 110 Å². The van der Waals surface area contributed by atoms with Crippen molar-refractivity contribution in [2.24, 2.45) is 29.6 Å². The van der Waals surface area contributed by atoms with Gasteiger partial charge in [0.05, 0.1) is 11.8 Å². The Morgan fingerprint density at radius 1 is 0.710 bits per heavy atom. The first kappa shape index (κ1) is 43.5. The summed E-state index contributed by atoms with van der Waals surface area (Å²) in [6.07, 6.45) is 6.89. The van der Waals surface area contributed by atoms with Crippen LogP contribution in [0.25, 0.3) is 0 Å². The first-order chi connectivity index (χ1) is 30.1. The van der Waals surface area contributed by atoms with Gasteiger partial charge in [-0.1, -0.05) is 73.7 Å². The van der Waals surface area contributed by atoms with Gasteiger partial charge in [0.2, 0.25) is 11.8 Å². The van der Waals surface area contributed by atoms with Crippen molar-refractivity contribution in [1.29, 1.82) is 0 Å². The van der Waals surface area contributed by atoms with Crippen LogP contribution in [-0.2, 0) is 22.4 Å². The second-order valence-electron chi connectivity index (χ2n) is 16.8. The summed E-state index contributed by atoms with van der Waals surface area (Å²) in [5, 5.41) is 53.4. The van der Waals surface area contributed by atoms with E-state index in [-0.39, 0.29) is 17.8 Å². The Balaban J connectivity index is 0.956. The molecule has 1 aliphatic rings. The number of aliphatic carboxylic acids is 2. The second kappa shape index (κ2) is 20.8. The van der Waals surface area contributed by atoms with Gasteiger partial charge in [-0.25, -0.2) is 9.97 Å². The Hall–Kier alpha value is -6.62. The summed E-state index contributed by atoms with van der Waals surface area (Å²) in [5.41, 5.74) is 2.82. The SMILES string of the molecule is CC(C)CC(C(=O)O)C(Cc1ccc(Oc2cccc(C3CNCC(CC(C)CC(C(=O)O)C(Cc4ccc(Oc5ccccc5)nc4)c4nn[nH]n4)C3)c2)nc1)c1nn[nH]n1. The standard InChI is InChI=1S/C45H53N11O6/c1-27(2)16-38(44(57)58)36(42-49-53-54-50-42)20-29-13-15-41(48-25-29)62-35-11-7-8-32(22-35)33-19-31(23-46-26-33)17-28(3)18-39(45(59)60)37(43-51-55-56-52-43)21-30-12-14-40(47-24-30)61-34-9-5-4-6-10-34/h4-15,22,24-25,27-28,31,33,36-39,46H,16-21,23,26H2,1-3H3,(H,57,58)(H,59,60)(H,49,50,53,54)(H,51,52,55,56). The predicted octanol–water partition coefficient (Wildman–Crippen LogP) is 7.00. The number of carboxylic acids is 2. The molecule has 1 fully saturated rings. The number of pyridine rings is 2. The highest BCUT2D eigenvalue weighted by atomic mass is 16.5. The average molecular weight is 844 g/mol. The molecule has 5 N–H and O–H groups in total. The van der Waals surface area contributed by atoms with E-state index in [9.17, 15) is 19.8 Å². The van der Waals surface area contributed by atoms with Gasteiger partial charge in [-0.3, -0.25) is 9.59 Å². The van der Waals surface area contributed by atoms with Gasteiger partial charge in [0.1, 0.15) is 11.5 Å². The van der Waals surface area contributed by atoms with Gasteiger partial charge < -0.3 is 25.0 Å². The van der Waals surface area contributed by atoms with Crippen molar-refractivity contribution < 1.29 is 29.3 Å². The number of para-hydroxylation sites is 1. The van der Waals surface area contributed by atoms with Crippen molar-refractivity contribution in [1.82, 2.24) is 56.5 Å². The Kier molecular flexibility index (Phi) is 14.6. The summed E-state index contributed by atoms with van der Waals surface area (Å²) >= 11 is 0. The lowest BCUT2D eigenvalue weighted by Crippen LogP contribution is -2.36. The van der Waals surface area contributed by atoms with Crippen LogP contribution in [0.1, 0.15) is 92.5 Å². The molecule has 17 nitrogen and oxygen atoms in total. The van der Waals surface area contributed by atoms with Crippen LogP contribution >= 0.6 is 0 Å². The van der Waals surface area contributed by atoms with Gasteiger partial charge in [0, 0.05) is 42.9 Å². The summed E-state index contributed by atoms with van der Waals surface area (Å²) in [5.74, 6) is -0.430. The third kappa shape index (κ3) is 11.8. The molecule has 1 saturated heterocycles. The fourth-order valence-corrected chi connectivity index (χ4v) is 8.68. The molecule has 7 atom stereocenters. The fraction of sp³-hybridized carbons (Fsp3) is 0.422. The number of aromatic nitrogens is 10. The summed E-state index contributed by atoms with van der Waals surface area (Å²) < 4.78 is 12.1. The van der Waals surface area contributed by atoms with Crippen molar-refractivity contribution in [3.63, 3.8) is 0 Å². The van der Waals surface area contributed by atoms with Gasteiger partial charge >= 0.3 is 11.9 Å². The molecule has 0 bridgehead atoms. The number of aromatic amines is 2. The molecule has 0 radical (unpaired) electrons. The number of H-pyrrole nitrogens is 2. The Bertz CT molecular complexity index is 2300. The highest BCUT2D eigenvalue weighted by Crippen LogP contribution is 2.37. The van der Waals surface area contributed by atoms with Crippen molar-refractivity contribution in [2.45, 2.75) is 77.0 Å². The number of hydrogen-bond donors (Lipinski definition) is 5. The van der Waals surface area contributed by atoms with Crippen molar-refractivity contribution in [3.05, 3.63) is 120 Å². The molecule has 324 valence electrons. The summed E-state index contributed by atoms with van der Waals surface area (Å²) in [7, 11) is 0. The highest BCUT2D eigenvalue weighted by Gasteiger charge is 2.36. The van der Waals surface area contributed by atoms with E-state index in [0.29, 0.717) is 66.5 Å². The van der Waals surface area contributed by atoms with Crippen molar-refractivity contribution in [3.8, 4) is 23.3 Å². The number of nitrogens with one attached hydrogen (secondary N) is 3. The number of ether oxygens (including phenoxy) is 2. The Morgan fingerprint density at radius 2 is 1.29 bits per heavy atom. The lowest BCUT2D eigenvalue weighted by atomic mass is 9.76. The number of hydrogen-bond acceptors (Lipinski definition) is 13. The molecule has 1 aliphatic heterocycles. The third-order valence-corrected chi connectivity index (χ3v) is 11.6. The molecule has 17 heteroatoms. The molecule has 4 aromatic heterocycles. The smallest absolute Gasteiger partial charge is 0.307 e. The van der Waals surface area contributed by atoms with Crippen LogP contribution in [0.4, 0.5) is 0 Å². The van der Waals surface area contributed by atoms with E-state index >= 15 is 0 Å². The van der Waals surface area contributed by atoms with Crippen LogP contribution in [0, 0.1) is 29.6 Å². The lowest BCUT2D eigenvalue weighted by Gasteiger charge is -2.33. The average Bonchev–Trinajstić information content (AvgIpc) is 4.01. The predicted molar refractivity (Wildman–Crippen MR) is 227 cm³/mol.